The predicted molar refractivity (Wildman–Crippen MR) is 124 cm³/mol. The number of ether oxygens (including phenoxy) is 1. The van der Waals surface area contributed by atoms with Gasteiger partial charge in [-0.2, -0.15) is 5.26 Å². The number of aliphatic hydroxyl groups excluding tert-OH is 1. The van der Waals surface area contributed by atoms with Crippen LogP contribution in [0.1, 0.15) is 18.4 Å². The molecule has 1 heterocycles. The molecular weight excluding hydrogens is 428 g/mol. The van der Waals surface area contributed by atoms with Crippen molar-refractivity contribution in [2.24, 2.45) is 0 Å². The van der Waals surface area contributed by atoms with Gasteiger partial charge in [-0.3, -0.25) is 5.32 Å². The Bertz CT molecular complexity index is 1090. The lowest BCUT2D eigenvalue weighted by molar-refractivity contribution is -0.0719. The van der Waals surface area contributed by atoms with Crippen molar-refractivity contribution in [3.63, 3.8) is 0 Å². The number of benzene rings is 3. The van der Waals surface area contributed by atoms with Crippen molar-refractivity contribution in [1.29, 1.82) is 5.26 Å². The van der Waals surface area contributed by atoms with Crippen LogP contribution in [0.25, 0.3) is 11.1 Å². The molecule has 1 fully saturated rings. The van der Waals surface area contributed by atoms with E-state index in [1.165, 1.54) is 11.1 Å². The van der Waals surface area contributed by atoms with Gasteiger partial charge in [-0.25, -0.2) is 0 Å². The number of aliphatic hydroxyl groups is 1. The first kappa shape index (κ1) is 21.9. The van der Waals surface area contributed by atoms with Gasteiger partial charge in [0, 0.05) is 14.8 Å². The quantitative estimate of drug-likeness (QED) is 0.487. The molecule has 2 atom stereocenters. The van der Waals surface area contributed by atoms with Crippen LogP contribution in [0.3, 0.4) is 0 Å². The molecule has 0 aromatic heterocycles. The molecule has 0 amide bonds. The van der Waals surface area contributed by atoms with Crippen LogP contribution in [0.2, 0.25) is 5.02 Å². The molecule has 6 heteroatoms. The molecule has 1 aliphatic heterocycles. The van der Waals surface area contributed by atoms with Crippen molar-refractivity contribution in [3.8, 4) is 17.2 Å². The number of hydrogen-bond donors (Lipinski definition) is 2. The first-order valence-electron chi connectivity index (χ1n) is 10.1. The Hall–Kier alpha value is -2.33. The molecule has 0 radical (unpaired) electrons. The highest BCUT2D eigenvalue weighted by molar-refractivity contribution is 7.99. The lowest BCUT2D eigenvalue weighted by Gasteiger charge is -2.25. The highest BCUT2D eigenvalue weighted by Crippen LogP contribution is 2.34. The SMILES string of the molecule is N#CCC1(CCc2ccc(Sc3cccc(-c4ccccc4)c3)cc2Cl)COC(O)N1. The molecule has 4 nitrogen and oxygen atoms in total. The third-order valence-corrected chi connectivity index (χ3v) is 6.77. The number of halogens is 1. The molecular formula is C25H23ClN2O2S. The Balaban J connectivity index is 1.44. The maximum atomic E-state index is 9.64. The van der Waals surface area contributed by atoms with E-state index in [0.29, 0.717) is 24.5 Å². The average molecular weight is 451 g/mol. The average Bonchev–Trinajstić information content (AvgIpc) is 3.15. The lowest BCUT2D eigenvalue weighted by Crippen LogP contribution is -2.45. The number of nitrogens with zero attached hydrogens (tertiary/aromatic N) is 1. The molecule has 3 aromatic rings. The second-order valence-corrected chi connectivity index (χ2v) is 9.23. The van der Waals surface area contributed by atoms with E-state index in [1.807, 2.05) is 30.3 Å². The molecule has 31 heavy (non-hydrogen) atoms. The largest absolute Gasteiger partial charge is 0.356 e. The zero-order valence-electron chi connectivity index (χ0n) is 16.9. The molecule has 158 valence electrons. The van der Waals surface area contributed by atoms with Crippen molar-refractivity contribution in [2.45, 2.75) is 41.0 Å². The van der Waals surface area contributed by atoms with E-state index in [4.69, 9.17) is 21.6 Å². The summed E-state index contributed by atoms with van der Waals surface area (Å²) in [6, 6.07) is 27.1. The van der Waals surface area contributed by atoms with E-state index in [2.05, 4.69) is 53.9 Å². The summed E-state index contributed by atoms with van der Waals surface area (Å²) >= 11 is 8.26. The Morgan fingerprint density at radius 2 is 1.84 bits per heavy atom. The standard InChI is InChI=1S/C25H23ClN2O2S/c26-23-16-22(31-21-8-4-7-20(15-21)18-5-2-1-3-6-18)10-9-19(23)11-12-25(13-14-27)17-30-24(29)28-25/h1-10,15-16,24,28-29H,11-13,17H2. The van der Waals surface area contributed by atoms with E-state index < -0.39 is 12.0 Å². The fourth-order valence-corrected chi connectivity index (χ4v) is 5.00. The van der Waals surface area contributed by atoms with Crippen LogP contribution in [0, 0.1) is 11.3 Å². The highest BCUT2D eigenvalue weighted by Gasteiger charge is 2.38. The van der Waals surface area contributed by atoms with Crippen molar-refractivity contribution < 1.29 is 9.84 Å². The fourth-order valence-electron chi connectivity index (χ4n) is 3.74. The zero-order valence-corrected chi connectivity index (χ0v) is 18.5. The van der Waals surface area contributed by atoms with Gasteiger partial charge in [0.15, 0.2) is 0 Å². The van der Waals surface area contributed by atoms with E-state index in [-0.39, 0.29) is 6.42 Å². The Kier molecular flexibility index (Phi) is 6.96. The van der Waals surface area contributed by atoms with E-state index in [1.54, 1.807) is 11.8 Å². The zero-order chi connectivity index (χ0) is 21.7. The summed E-state index contributed by atoms with van der Waals surface area (Å²) in [6.07, 6.45) is 0.600. The summed E-state index contributed by atoms with van der Waals surface area (Å²) in [4.78, 5) is 2.22. The topological polar surface area (TPSA) is 65.3 Å². The van der Waals surface area contributed by atoms with Crippen molar-refractivity contribution in [1.82, 2.24) is 5.32 Å². The minimum atomic E-state index is -1.02. The summed E-state index contributed by atoms with van der Waals surface area (Å²) in [7, 11) is 0. The molecule has 2 N–H and O–H groups in total. The number of nitriles is 1. The van der Waals surface area contributed by atoms with Gasteiger partial charge in [0.1, 0.15) is 0 Å². The van der Waals surface area contributed by atoms with Gasteiger partial charge in [0.05, 0.1) is 24.6 Å². The molecule has 0 saturated carbocycles. The Morgan fingerprint density at radius 3 is 2.55 bits per heavy atom. The third kappa shape index (κ3) is 5.48. The maximum absolute atomic E-state index is 9.64. The molecule has 3 aromatic carbocycles. The summed E-state index contributed by atoms with van der Waals surface area (Å²) in [5, 5.41) is 22.5. The van der Waals surface area contributed by atoms with Gasteiger partial charge < -0.3 is 9.84 Å². The van der Waals surface area contributed by atoms with Gasteiger partial charge in [0.25, 0.3) is 0 Å². The van der Waals surface area contributed by atoms with E-state index >= 15 is 0 Å². The number of aryl methyl sites for hydroxylation is 1. The van der Waals surface area contributed by atoms with E-state index in [0.717, 1.165) is 15.4 Å². The number of nitrogens with one attached hydrogen (secondary N) is 1. The van der Waals surface area contributed by atoms with Crippen LogP contribution in [-0.4, -0.2) is 23.7 Å². The first-order valence-corrected chi connectivity index (χ1v) is 11.3. The monoisotopic (exact) mass is 450 g/mol. The molecule has 4 rings (SSSR count). The van der Waals surface area contributed by atoms with Crippen LogP contribution in [0.15, 0.2) is 82.6 Å². The summed E-state index contributed by atoms with van der Waals surface area (Å²) in [5.74, 6) is 0. The van der Waals surface area contributed by atoms with Crippen LogP contribution < -0.4 is 5.32 Å². The highest BCUT2D eigenvalue weighted by atomic mass is 35.5. The smallest absolute Gasteiger partial charge is 0.214 e. The van der Waals surface area contributed by atoms with Crippen LogP contribution in [-0.2, 0) is 11.2 Å². The minimum absolute atomic E-state index is 0.271. The predicted octanol–water partition coefficient (Wildman–Crippen LogP) is 5.64. The van der Waals surface area contributed by atoms with Crippen molar-refractivity contribution >= 4 is 23.4 Å². The lowest BCUT2D eigenvalue weighted by atomic mass is 9.90. The molecule has 0 spiro atoms. The normalized spacial score (nSPS) is 20.5. The van der Waals surface area contributed by atoms with Crippen molar-refractivity contribution in [2.75, 3.05) is 6.61 Å². The van der Waals surface area contributed by atoms with Gasteiger partial charge in [-0.1, -0.05) is 71.9 Å². The third-order valence-electron chi connectivity index (χ3n) is 5.44. The maximum Gasteiger partial charge on any atom is 0.214 e. The van der Waals surface area contributed by atoms with Gasteiger partial charge in [0.2, 0.25) is 6.41 Å². The first-order chi connectivity index (χ1) is 15.1. The van der Waals surface area contributed by atoms with Gasteiger partial charge in [-0.15, -0.1) is 0 Å². The second kappa shape index (κ2) is 9.86. The molecule has 1 aliphatic rings. The summed E-state index contributed by atoms with van der Waals surface area (Å²) in [6.45, 7) is 0.311. The molecule has 0 aliphatic carbocycles. The van der Waals surface area contributed by atoms with Gasteiger partial charge >= 0.3 is 0 Å². The van der Waals surface area contributed by atoms with Crippen LogP contribution in [0.4, 0.5) is 0 Å². The summed E-state index contributed by atoms with van der Waals surface area (Å²) in [5.41, 5.74) is 2.86. The molecule has 2 unspecified atom stereocenters. The van der Waals surface area contributed by atoms with Crippen molar-refractivity contribution in [3.05, 3.63) is 83.4 Å². The Labute approximate surface area is 191 Å². The van der Waals surface area contributed by atoms with Crippen LogP contribution >= 0.6 is 23.4 Å². The number of rotatable bonds is 7. The van der Waals surface area contributed by atoms with E-state index in [9.17, 15) is 5.11 Å². The number of hydrogen-bond acceptors (Lipinski definition) is 5. The second-order valence-electron chi connectivity index (χ2n) is 7.67. The minimum Gasteiger partial charge on any atom is -0.356 e. The Morgan fingerprint density at radius 1 is 1.06 bits per heavy atom. The molecule has 0 bridgehead atoms. The molecule has 1 saturated heterocycles. The summed E-state index contributed by atoms with van der Waals surface area (Å²) < 4.78 is 5.22. The van der Waals surface area contributed by atoms with Crippen LogP contribution in [0.5, 0.6) is 0 Å². The van der Waals surface area contributed by atoms with Gasteiger partial charge in [-0.05, 0) is 53.8 Å². The fraction of sp³-hybridized carbons (Fsp3) is 0.240.